The standard InChI is InChI=1S/C47H33NO/c1-47(2)43-16-7-5-14-39(43)40-23-22-38(29-44(40)47)48(36-13-9-12-32(25-36)33-19-18-30-10-3-4-11-31(30)24-33)37-21-20-34-28-46-42(27-35(34)26-37)41-15-6-8-17-45(41)49-46/h3-29H,1-2H3. The molecule has 232 valence electrons. The molecule has 0 aliphatic heterocycles. The van der Waals surface area contributed by atoms with Crippen LogP contribution in [0.4, 0.5) is 17.1 Å². The Morgan fingerprint density at radius 1 is 0.408 bits per heavy atom. The molecule has 1 aliphatic rings. The van der Waals surface area contributed by atoms with Gasteiger partial charge >= 0.3 is 0 Å². The van der Waals surface area contributed by atoms with Gasteiger partial charge in [0, 0.05) is 33.2 Å². The predicted molar refractivity (Wildman–Crippen MR) is 206 cm³/mol. The molecule has 0 N–H and O–H groups in total. The highest BCUT2D eigenvalue weighted by molar-refractivity contribution is 6.10. The van der Waals surface area contributed by atoms with Crippen LogP contribution in [-0.2, 0) is 5.41 Å². The topological polar surface area (TPSA) is 16.4 Å². The van der Waals surface area contributed by atoms with Crippen molar-refractivity contribution in [2.75, 3.05) is 4.90 Å². The van der Waals surface area contributed by atoms with E-state index in [4.69, 9.17) is 4.42 Å². The second-order valence-electron chi connectivity index (χ2n) is 13.8. The number of benzene rings is 8. The van der Waals surface area contributed by atoms with E-state index < -0.39 is 0 Å². The van der Waals surface area contributed by atoms with Crippen molar-refractivity contribution < 1.29 is 4.42 Å². The lowest BCUT2D eigenvalue weighted by atomic mass is 9.82. The SMILES string of the molecule is CC1(C)c2ccccc2-c2ccc(N(c3cccc(-c4ccc5ccccc5c4)c3)c3ccc4cc5oc6ccccc6c5cc4c3)cc21. The van der Waals surface area contributed by atoms with Gasteiger partial charge in [0.2, 0.25) is 0 Å². The number of furan rings is 1. The van der Waals surface area contributed by atoms with Crippen LogP contribution in [0.1, 0.15) is 25.0 Å². The number of anilines is 3. The number of nitrogens with zero attached hydrogens (tertiary/aromatic N) is 1. The molecular formula is C47H33NO. The molecule has 0 bridgehead atoms. The Hall–Kier alpha value is -6.12. The summed E-state index contributed by atoms with van der Waals surface area (Å²) in [6, 6.07) is 59.7. The molecule has 0 saturated carbocycles. The normalized spacial score (nSPS) is 13.3. The van der Waals surface area contributed by atoms with Crippen molar-refractivity contribution in [2.45, 2.75) is 19.3 Å². The highest BCUT2D eigenvalue weighted by atomic mass is 16.3. The summed E-state index contributed by atoms with van der Waals surface area (Å²) >= 11 is 0. The quantitative estimate of drug-likeness (QED) is 0.193. The lowest BCUT2D eigenvalue weighted by Gasteiger charge is -2.28. The van der Waals surface area contributed by atoms with Crippen LogP contribution in [0.2, 0.25) is 0 Å². The van der Waals surface area contributed by atoms with Gasteiger partial charge in [-0.15, -0.1) is 0 Å². The summed E-state index contributed by atoms with van der Waals surface area (Å²) in [5, 5.41) is 7.12. The smallest absolute Gasteiger partial charge is 0.136 e. The van der Waals surface area contributed by atoms with Gasteiger partial charge < -0.3 is 9.32 Å². The number of hydrogen-bond acceptors (Lipinski definition) is 2. The van der Waals surface area contributed by atoms with E-state index in [1.165, 1.54) is 49.5 Å². The summed E-state index contributed by atoms with van der Waals surface area (Å²) in [7, 11) is 0. The minimum Gasteiger partial charge on any atom is -0.456 e. The van der Waals surface area contributed by atoms with Crippen LogP contribution in [0.3, 0.4) is 0 Å². The number of hydrogen-bond donors (Lipinski definition) is 0. The van der Waals surface area contributed by atoms with E-state index in [0.29, 0.717) is 0 Å². The molecule has 1 aliphatic carbocycles. The molecular weight excluding hydrogens is 595 g/mol. The van der Waals surface area contributed by atoms with Crippen LogP contribution < -0.4 is 4.90 Å². The molecule has 10 rings (SSSR count). The summed E-state index contributed by atoms with van der Waals surface area (Å²) in [6.07, 6.45) is 0. The zero-order chi connectivity index (χ0) is 32.7. The van der Waals surface area contributed by atoms with Gasteiger partial charge in [-0.05, 0) is 116 Å². The fourth-order valence-electron chi connectivity index (χ4n) is 8.07. The maximum Gasteiger partial charge on any atom is 0.136 e. The van der Waals surface area contributed by atoms with E-state index in [2.05, 4.69) is 170 Å². The third kappa shape index (κ3) is 4.34. The van der Waals surface area contributed by atoms with Crippen molar-refractivity contribution in [1.82, 2.24) is 0 Å². The molecule has 9 aromatic rings. The van der Waals surface area contributed by atoms with Crippen LogP contribution in [0, 0.1) is 0 Å². The fourth-order valence-corrected chi connectivity index (χ4v) is 8.07. The largest absolute Gasteiger partial charge is 0.456 e. The Labute approximate surface area is 285 Å². The Morgan fingerprint density at radius 2 is 1.10 bits per heavy atom. The van der Waals surface area contributed by atoms with Crippen molar-refractivity contribution in [2.24, 2.45) is 0 Å². The van der Waals surface area contributed by atoms with Gasteiger partial charge in [0.25, 0.3) is 0 Å². The highest BCUT2D eigenvalue weighted by Gasteiger charge is 2.35. The molecule has 0 saturated heterocycles. The van der Waals surface area contributed by atoms with E-state index in [-0.39, 0.29) is 5.41 Å². The van der Waals surface area contributed by atoms with Crippen molar-refractivity contribution in [3.05, 3.63) is 175 Å². The molecule has 2 heteroatoms. The second kappa shape index (κ2) is 10.4. The van der Waals surface area contributed by atoms with E-state index in [0.717, 1.165) is 44.4 Å². The van der Waals surface area contributed by atoms with Crippen molar-refractivity contribution >= 4 is 60.5 Å². The van der Waals surface area contributed by atoms with E-state index in [9.17, 15) is 0 Å². The number of fused-ring (bicyclic) bond motifs is 8. The highest BCUT2D eigenvalue weighted by Crippen LogP contribution is 2.51. The zero-order valence-corrected chi connectivity index (χ0v) is 27.4. The summed E-state index contributed by atoms with van der Waals surface area (Å²) in [6.45, 7) is 4.70. The molecule has 0 atom stereocenters. The average Bonchev–Trinajstić information content (AvgIpc) is 3.61. The zero-order valence-electron chi connectivity index (χ0n) is 27.4. The Bertz CT molecular complexity index is 2770. The van der Waals surface area contributed by atoms with Crippen LogP contribution in [0.5, 0.6) is 0 Å². The van der Waals surface area contributed by atoms with Crippen LogP contribution in [0.25, 0.3) is 65.7 Å². The Balaban J connectivity index is 1.17. The first-order valence-corrected chi connectivity index (χ1v) is 17.0. The molecule has 8 aromatic carbocycles. The Kier molecular flexibility index (Phi) is 5.95. The maximum absolute atomic E-state index is 6.24. The van der Waals surface area contributed by atoms with E-state index in [1.807, 2.05) is 12.1 Å². The lowest BCUT2D eigenvalue weighted by Crippen LogP contribution is -2.16. The van der Waals surface area contributed by atoms with Gasteiger partial charge in [-0.2, -0.15) is 0 Å². The first kappa shape index (κ1) is 27.9. The van der Waals surface area contributed by atoms with Gasteiger partial charge in [0.1, 0.15) is 11.2 Å². The first-order chi connectivity index (χ1) is 24.0. The van der Waals surface area contributed by atoms with Gasteiger partial charge in [-0.25, -0.2) is 0 Å². The molecule has 0 amide bonds. The second-order valence-corrected chi connectivity index (χ2v) is 13.8. The average molecular weight is 628 g/mol. The minimum atomic E-state index is -0.0993. The fraction of sp³-hybridized carbons (Fsp3) is 0.0638. The third-order valence-corrected chi connectivity index (χ3v) is 10.6. The monoisotopic (exact) mass is 627 g/mol. The van der Waals surface area contributed by atoms with Crippen molar-refractivity contribution in [3.63, 3.8) is 0 Å². The minimum absolute atomic E-state index is 0.0993. The molecule has 0 unspecified atom stereocenters. The molecule has 2 nitrogen and oxygen atoms in total. The molecule has 1 aromatic heterocycles. The molecule has 0 spiro atoms. The van der Waals surface area contributed by atoms with Gasteiger partial charge in [0.15, 0.2) is 0 Å². The Morgan fingerprint density at radius 3 is 2.04 bits per heavy atom. The van der Waals surface area contributed by atoms with Crippen LogP contribution in [0.15, 0.2) is 168 Å². The summed E-state index contributed by atoms with van der Waals surface area (Å²) in [4.78, 5) is 2.42. The van der Waals surface area contributed by atoms with Gasteiger partial charge in [-0.1, -0.05) is 117 Å². The molecule has 1 heterocycles. The molecule has 49 heavy (non-hydrogen) atoms. The molecule has 0 fully saturated rings. The van der Waals surface area contributed by atoms with Crippen LogP contribution in [-0.4, -0.2) is 0 Å². The van der Waals surface area contributed by atoms with Gasteiger partial charge in [-0.3, -0.25) is 0 Å². The maximum atomic E-state index is 6.24. The van der Waals surface area contributed by atoms with Crippen molar-refractivity contribution in [3.8, 4) is 22.3 Å². The van der Waals surface area contributed by atoms with Crippen LogP contribution >= 0.6 is 0 Å². The van der Waals surface area contributed by atoms with E-state index in [1.54, 1.807) is 0 Å². The summed E-state index contributed by atoms with van der Waals surface area (Å²) in [5.41, 5.74) is 12.9. The lowest BCUT2D eigenvalue weighted by molar-refractivity contribution is 0.660. The number of rotatable bonds is 4. The van der Waals surface area contributed by atoms with E-state index >= 15 is 0 Å². The number of para-hydroxylation sites is 1. The summed E-state index contributed by atoms with van der Waals surface area (Å²) in [5.74, 6) is 0. The predicted octanol–water partition coefficient (Wildman–Crippen LogP) is 13.3. The van der Waals surface area contributed by atoms with Crippen molar-refractivity contribution in [1.29, 1.82) is 0 Å². The third-order valence-electron chi connectivity index (χ3n) is 10.6. The van der Waals surface area contributed by atoms with Gasteiger partial charge in [0.05, 0.1) is 0 Å². The summed E-state index contributed by atoms with van der Waals surface area (Å²) < 4.78 is 6.24. The molecule has 0 radical (unpaired) electrons. The first-order valence-electron chi connectivity index (χ1n) is 17.0.